The summed E-state index contributed by atoms with van der Waals surface area (Å²) in [4.78, 5) is 23.9. The summed E-state index contributed by atoms with van der Waals surface area (Å²) >= 11 is 0. The number of hydrogen-bond donors (Lipinski definition) is 2. The second-order valence-corrected chi connectivity index (χ2v) is 6.77. The molecule has 0 radical (unpaired) electrons. The van der Waals surface area contributed by atoms with E-state index in [9.17, 15) is 22.8 Å². The van der Waals surface area contributed by atoms with Crippen molar-refractivity contribution < 1.29 is 22.8 Å². The zero-order valence-electron chi connectivity index (χ0n) is 13.8. The Balaban J connectivity index is 1.60. The summed E-state index contributed by atoms with van der Waals surface area (Å²) in [5, 5.41) is 6.18. The van der Waals surface area contributed by atoms with Crippen molar-refractivity contribution in [3.8, 4) is 0 Å². The van der Waals surface area contributed by atoms with Gasteiger partial charge in [-0.3, -0.25) is 9.59 Å². The first-order chi connectivity index (χ1) is 11.4. The monoisotopic (exact) mass is 349 g/mol. The zero-order chi connectivity index (χ0) is 17.6. The number of amides is 2. The van der Waals surface area contributed by atoms with Crippen molar-refractivity contribution in [3.05, 3.63) is 0 Å². The average molecular weight is 349 g/mol. The van der Waals surface area contributed by atoms with Crippen molar-refractivity contribution in [2.45, 2.75) is 44.7 Å². The van der Waals surface area contributed by atoms with Gasteiger partial charge in [-0.25, -0.2) is 0 Å². The molecule has 0 aliphatic carbocycles. The Kier molecular flexibility index (Phi) is 6.89. The van der Waals surface area contributed by atoms with E-state index in [2.05, 4.69) is 10.6 Å². The minimum absolute atomic E-state index is 0.0160. The molecule has 5 nitrogen and oxygen atoms in total. The second kappa shape index (κ2) is 8.69. The summed E-state index contributed by atoms with van der Waals surface area (Å²) in [5.41, 5.74) is 0. The van der Waals surface area contributed by atoms with Crippen LogP contribution in [0.4, 0.5) is 13.2 Å². The molecule has 2 aliphatic rings. The van der Waals surface area contributed by atoms with E-state index in [1.807, 2.05) is 0 Å². The van der Waals surface area contributed by atoms with Gasteiger partial charge in [0.1, 0.15) is 0 Å². The fourth-order valence-corrected chi connectivity index (χ4v) is 3.37. The van der Waals surface area contributed by atoms with Crippen LogP contribution in [0.5, 0.6) is 0 Å². The van der Waals surface area contributed by atoms with E-state index in [1.54, 1.807) is 0 Å². The lowest BCUT2D eigenvalue weighted by atomic mass is 9.93. The van der Waals surface area contributed by atoms with Crippen molar-refractivity contribution >= 4 is 11.8 Å². The lowest BCUT2D eigenvalue weighted by Crippen LogP contribution is -2.46. The quantitative estimate of drug-likeness (QED) is 0.794. The summed E-state index contributed by atoms with van der Waals surface area (Å²) in [5.74, 6) is -0.993. The number of rotatable bonds is 5. The summed E-state index contributed by atoms with van der Waals surface area (Å²) in [6, 6.07) is 0. The van der Waals surface area contributed by atoms with Crippen LogP contribution in [0.3, 0.4) is 0 Å². The summed E-state index contributed by atoms with van der Waals surface area (Å²) in [6.07, 6.45) is -0.178. The van der Waals surface area contributed by atoms with Crippen molar-refractivity contribution in [1.29, 1.82) is 0 Å². The number of carbonyl (C=O) groups is 2. The lowest BCUT2D eigenvalue weighted by Gasteiger charge is -2.32. The van der Waals surface area contributed by atoms with Crippen LogP contribution in [-0.2, 0) is 9.59 Å². The average Bonchev–Trinajstić information content (AvgIpc) is 2.58. The maximum Gasteiger partial charge on any atom is 0.471 e. The highest BCUT2D eigenvalue weighted by Crippen LogP contribution is 2.23. The molecule has 2 fully saturated rings. The van der Waals surface area contributed by atoms with E-state index in [-0.39, 0.29) is 24.9 Å². The van der Waals surface area contributed by atoms with Crippen LogP contribution >= 0.6 is 0 Å². The fraction of sp³-hybridized carbons (Fsp3) is 0.875. The number of carbonyl (C=O) groups excluding carboxylic acids is 2. The van der Waals surface area contributed by atoms with Crippen LogP contribution in [0.1, 0.15) is 38.5 Å². The molecule has 138 valence electrons. The Morgan fingerprint density at radius 2 is 1.67 bits per heavy atom. The van der Waals surface area contributed by atoms with Crippen LogP contribution in [0.25, 0.3) is 0 Å². The highest BCUT2D eigenvalue weighted by atomic mass is 19.4. The van der Waals surface area contributed by atoms with Gasteiger partial charge in [0.2, 0.25) is 5.91 Å². The van der Waals surface area contributed by atoms with Crippen molar-refractivity contribution in [1.82, 2.24) is 15.5 Å². The molecular formula is C16H26F3N3O2. The van der Waals surface area contributed by atoms with Crippen molar-refractivity contribution in [2.75, 3.05) is 32.7 Å². The molecule has 0 aromatic rings. The first kappa shape index (κ1) is 19.0. The highest BCUT2D eigenvalue weighted by molar-refractivity contribution is 5.81. The van der Waals surface area contributed by atoms with E-state index in [1.165, 1.54) is 0 Å². The van der Waals surface area contributed by atoms with Crippen LogP contribution in [-0.4, -0.2) is 55.6 Å². The lowest BCUT2D eigenvalue weighted by molar-refractivity contribution is -0.186. The van der Waals surface area contributed by atoms with Gasteiger partial charge >= 0.3 is 12.1 Å². The van der Waals surface area contributed by atoms with Gasteiger partial charge in [-0.05, 0) is 57.0 Å². The minimum atomic E-state index is -4.80. The predicted octanol–water partition coefficient (Wildman–Crippen LogP) is 1.68. The fourth-order valence-electron chi connectivity index (χ4n) is 3.37. The molecule has 8 heteroatoms. The molecule has 0 atom stereocenters. The number of alkyl halides is 3. The molecule has 0 aromatic heterocycles. The normalized spacial score (nSPS) is 20.9. The molecule has 0 aromatic carbocycles. The largest absolute Gasteiger partial charge is 0.471 e. The van der Waals surface area contributed by atoms with Gasteiger partial charge in [-0.15, -0.1) is 0 Å². The number of nitrogens with zero attached hydrogens (tertiary/aromatic N) is 1. The van der Waals surface area contributed by atoms with Gasteiger partial charge in [0.15, 0.2) is 0 Å². The van der Waals surface area contributed by atoms with Gasteiger partial charge in [0.05, 0.1) is 0 Å². The first-order valence-electron chi connectivity index (χ1n) is 8.69. The van der Waals surface area contributed by atoms with Crippen molar-refractivity contribution in [2.24, 2.45) is 11.8 Å². The standard InChI is InChI=1S/C16H26F3N3O2/c17-16(18,19)15(24)22-9-5-13(6-10-22)11-21-14(23)2-1-12-3-7-20-8-4-12/h12-13,20H,1-11H2,(H,21,23). The van der Waals surface area contributed by atoms with Gasteiger partial charge in [0.25, 0.3) is 0 Å². The number of nitrogens with one attached hydrogen (secondary N) is 2. The number of halogens is 3. The van der Waals surface area contributed by atoms with E-state index < -0.39 is 12.1 Å². The van der Waals surface area contributed by atoms with E-state index in [0.29, 0.717) is 31.7 Å². The van der Waals surface area contributed by atoms with Gasteiger partial charge in [-0.2, -0.15) is 13.2 Å². The molecule has 2 N–H and O–H groups in total. The van der Waals surface area contributed by atoms with Crippen LogP contribution < -0.4 is 10.6 Å². The first-order valence-corrected chi connectivity index (χ1v) is 8.69. The Labute approximate surface area is 140 Å². The maximum absolute atomic E-state index is 12.4. The van der Waals surface area contributed by atoms with E-state index >= 15 is 0 Å². The maximum atomic E-state index is 12.4. The highest BCUT2D eigenvalue weighted by Gasteiger charge is 2.43. The van der Waals surface area contributed by atoms with Crippen LogP contribution in [0.15, 0.2) is 0 Å². The van der Waals surface area contributed by atoms with E-state index in [0.717, 1.165) is 37.3 Å². The summed E-state index contributed by atoms with van der Waals surface area (Å²) < 4.78 is 37.1. The van der Waals surface area contributed by atoms with Gasteiger partial charge in [-0.1, -0.05) is 0 Å². The molecule has 2 aliphatic heterocycles. The third kappa shape index (κ3) is 5.96. The molecule has 2 heterocycles. The molecule has 2 rings (SSSR count). The Morgan fingerprint density at radius 3 is 2.25 bits per heavy atom. The number of likely N-dealkylation sites (tertiary alicyclic amines) is 1. The third-order valence-electron chi connectivity index (χ3n) is 4.97. The molecule has 0 unspecified atom stereocenters. The summed E-state index contributed by atoms with van der Waals surface area (Å²) in [7, 11) is 0. The van der Waals surface area contributed by atoms with Crippen molar-refractivity contribution in [3.63, 3.8) is 0 Å². The molecule has 2 amide bonds. The Hall–Kier alpha value is -1.31. The predicted molar refractivity (Wildman–Crippen MR) is 83.2 cm³/mol. The molecule has 2 saturated heterocycles. The molecule has 0 saturated carbocycles. The third-order valence-corrected chi connectivity index (χ3v) is 4.97. The van der Waals surface area contributed by atoms with E-state index in [4.69, 9.17) is 0 Å². The Morgan fingerprint density at radius 1 is 1.04 bits per heavy atom. The topological polar surface area (TPSA) is 61.4 Å². The SMILES string of the molecule is O=C(CCC1CCNCC1)NCC1CCN(C(=O)C(F)(F)F)CC1. The molecular weight excluding hydrogens is 323 g/mol. The molecule has 0 spiro atoms. The Bertz CT molecular complexity index is 429. The minimum Gasteiger partial charge on any atom is -0.356 e. The molecule has 0 bridgehead atoms. The number of hydrogen-bond acceptors (Lipinski definition) is 3. The van der Waals surface area contributed by atoms with Gasteiger partial charge in [0, 0.05) is 26.1 Å². The summed E-state index contributed by atoms with van der Waals surface area (Å²) in [6.45, 7) is 2.73. The zero-order valence-corrected chi connectivity index (χ0v) is 13.8. The van der Waals surface area contributed by atoms with Crippen LogP contribution in [0, 0.1) is 11.8 Å². The second-order valence-electron chi connectivity index (χ2n) is 6.77. The number of piperidine rings is 2. The van der Waals surface area contributed by atoms with Gasteiger partial charge < -0.3 is 15.5 Å². The smallest absolute Gasteiger partial charge is 0.356 e. The van der Waals surface area contributed by atoms with Crippen LogP contribution in [0.2, 0.25) is 0 Å². The molecule has 24 heavy (non-hydrogen) atoms.